The van der Waals surface area contributed by atoms with Crippen molar-refractivity contribution < 1.29 is 4.79 Å². The average molecular weight is 340 g/mol. The van der Waals surface area contributed by atoms with E-state index in [1.165, 1.54) is 12.0 Å². The first-order chi connectivity index (χ1) is 9.58. The molecule has 0 aliphatic carbocycles. The zero-order chi connectivity index (χ0) is 14.5. The Balaban J connectivity index is 1.84. The Bertz CT molecular complexity index is 478. The molecule has 1 unspecified atom stereocenters. The number of benzene rings is 1. The van der Waals surface area contributed by atoms with E-state index in [2.05, 4.69) is 31.5 Å². The van der Waals surface area contributed by atoms with Crippen LogP contribution in [0, 0.1) is 12.8 Å². The summed E-state index contributed by atoms with van der Waals surface area (Å²) in [6.45, 7) is 5.54. The predicted molar refractivity (Wildman–Crippen MR) is 86.0 cm³/mol. The molecule has 1 fully saturated rings. The lowest BCUT2D eigenvalue weighted by Gasteiger charge is -2.16. The third kappa shape index (κ3) is 4.30. The Kier molecular flexibility index (Phi) is 5.57. The van der Waals surface area contributed by atoms with Crippen molar-refractivity contribution in [1.82, 2.24) is 10.2 Å². The molecule has 4 nitrogen and oxygen atoms in total. The molecule has 5 heteroatoms. The first-order valence-electron chi connectivity index (χ1n) is 7.01. The highest BCUT2D eigenvalue weighted by atomic mass is 79.9. The van der Waals surface area contributed by atoms with Gasteiger partial charge >= 0.3 is 0 Å². The Morgan fingerprint density at radius 3 is 3.00 bits per heavy atom. The quantitative estimate of drug-likeness (QED) is 0.864. The van der Waals surface area contributed by atoms with Gasteiger partial charge in [0.05, 0.1) is 12.2 Å². The highest BCUT2D eigenvalue weighted by molar-refractivity contribution is 9.10. The van der Waals surface area contributed by atoms with Crippen LogP contribution in [-0.2, 0) is 4.79 Å². The molecule has 1 aromatic rings. The fourth-order valence-electron chi connectivity index (χ4n) is 2.63. The number of aryl methyl sites for hydroxylation is 1. The van der Waals surface area contributed by atoms with Crippen LogP contribution in [-0.4, -0.2) is 44.0 Å². The minimum atomic E-state index is 0.0552. The molecule has 1 aliphatic rings. The molecule has 1 amide bonds. The molecule has 0 aromatic heterocycles. The number of amides is 1. The van der Waals surface area contributed by atoms with Gasteiger partial charge in [-0.05, 0) is 73.0 Å². The molecular weight excluding hydrogens is 318 g/mol. The second-order valence-electron chi connectivity index (χ2n) is 5.48. The number of anilines is 1. The molecule has 110 valence electrons. The van der Waals surface area contributed by atoms with Crippen molar-refractivity contribution in [3.63, 3.8) is 0 Å². The largest absolute Gasteiger partial charge is 0.324 e. The van der Waals surface area contributed by atoms with Crippen LogP contribution in [0.15, 0.2) is 22.7 Å². The summed E-state index contributed by atoms with van der Waals surface area (Å²) in [6.07, 6.45) is 1.17. The Morgan fingerprint density at radius 1 is 1.50 bits per heavy atom. The lowest BCUT2D eigenvalue weighted by molar-refractivity contribution is -0.117. The van der Waals surface area contributed by atoms with E-state index in [0.717, 1.165) is 29.8 Å². The average Bonchev–Trinajstić information content (AvgIpc) is 2.81. The van der Waals surface area contributed by atoms with Crippen molar-refractivity contribution in [2.75, 3.05) is 38.5 Å². The molecular formula is C15H22BrN3O. The Morgan fingerprint density at radius 2 is 2.30 bits per heavy atom. The summed E-state index contributed by atoms with van der Waals surface area (Å²) in [5.41, 5.74) is 2.01. The standard InChI is InChI=1S/C15H22BrN3O/c1-11-3-4-14(13(16)7-11)18-15(20)10-19-6-5-12(9-19)8-17-2/h3-4,7,12,17H,5-6,8-10H2,1-2H3,(H,18,20). The van der Waals surface area contributed by atoms with E-state index in [9.17, 15) is 4.79 Å². The zero-order valence-electron chi connectivity index (χ0n) is 12.1. The summed E-state index contributed by atoms with van der Waals surface area (Å²) in [6, 6.07) is 5.94. The third-order valence-corrected chi connectivity index (χ3v) is 4.28. The van der Waals surface area contributed by atoms with E-state index in [1.807, 2.05) is 32.2 Å². The minimum absolute atomic E-state index is 0.0552. The summed E-state index contributed by atoms with van der Waals surface area (Å²) in [7, 11) is 1.98. The smallest absolute Gasteiger partial charge is 0.238 e. The van der Waals surface area contributed by atoms with Gasteiger partial charge in [0.2, 0.25) is 5.91 Å². The predicted octanol–water partition coefficient (Wildman–Crippen LogP) is 2.24. The number of likely N-dealkylation sites (tertiary alicyclic amines) is 1. The molecule has 0 radical (unpaired) electrons. The highest BCUT2D eigenvalue weighted by Gasteiger charge is 2.23. The van der Waals surface area contributed by atoms with Crippen LogP contribution >= 0.6 is 15.9 Å². The highest BCUT2D eigenvalue weighted by Crippen LogP contribution is 2.23. The van der Waals surface area contributed by atoms with Gasteiger partial charge in [0, 0.05) is 11.0 Å². The molecule has 1 atom stereocenters. The van der Waals surface area contributed by atoms with Gasteiger partial charge in [0.15, 0.2) is 0 Å². The van der Waals surface area contributed by atoms with E-state index in [1.54, 1.807) is 0 Å². The second-order valence-corrected chi connectivity index (χ2v) is 6.33. The van der Waals surface area contributed by atoms with E-state index >= 15 is 0 Å². The molecule has 20 heavy (non-hydrogen) atoms. The fourth-order valence-corrected chi connectivity index (χ4v) is 3.22. The molecule has 2 N–H and O–H groups in total. The first-order valence-corrected chi connectivity index (χ1v) is 7.80. The van der Waals surface area contributed by atoms with Crippen LogP contribution in [0.4, 0.5) is 5.69 Å². The topological polar surface area (TPSA) is 44.4 Å². The molecule has 0 bridgehead atoms. The van der Waals surface area contributed by atoms with Crippen LogP contribution < -0.4 is 10.6 Å². The van der Waals surface area contributed by atoms with Gasteiger partial charge in [-0.25, -0.2) is 0 Å². The Hall–Kier alpha value is -0.910. The van der Waals surface area contributed by atoms with Gasteiger partial charge in [-0.15, -0.1) is 0 Å². The van der Waals surface area contributed by atoms with Crippen LogP contribution in [0.3, 0.4) is 0 Å². The molecule has 1 aromatic carbocycles. The number of nitrogens with zero attached hydrogens (tertiary/aromatic N) is 1. The third-order valence-electron chi connectivity index (χ3n) is 3.63. The van der Waals surface area contributed by atoms with Crippen molar-refractivity contribution in [3.05, 3.63) is 28.2 Å². The van der Waals surface area contributed by atoms with Gasteiger partial charge < -0.3 is 10.6 Å². The van der Waals surface area contributed by atoms with Crippen LogP contribution in [0.5, 0.6) is 0 Å². The zero-order valence-corrected chi connectivity index (χ0v) is 13.7. The normalized spacial score (nSPS) is 19.2. The molecule has 0 spiro atoms. The first kappa shape index (κ1) is 15.5. The summed E-state index contributed by atoms with van der Waals surface area (Å²) >= 11 is 3.48. The van der Waals surface area contributed by atoms with Crippen molar-refractivity contribution in [3.8, 4) is 0 Å². The summed E-state index contributed by atoms with van der Waals surface area (Å²) in [5.74, 6) is 0.721. The van der Waals surface area contributed by atoms with Crippen molar-refractivity contribution in [1.29, 1.82) is 0 Å². The lowest BCUT2D eigenvalue weighted by atomic mass is 10.1. The van der Waals surface area contributed by atoms with Crippen LogP contribution in [0.2, 0.25) is 0 Å². The number of rotatable bonds is 5. The number of halogens is 1. The molecule has 2 rings (SSSR count). The van der Waals surface area contributed by atoms with Gasteiger partial charge in [0.1, 0.15) is 0 Å². The lowest BCUT2D eigenvalue weighted by Crippen LogP contribution is -2.32. The maximum atomic E-state index is 12.1. The minimum Gasteiger partial charge on any atom is -0.324 e. The van der Waals surface area contributed by atoms with Crippen LogP contribution in [0.25, 0.3) is 0 Å². The number of nitrogens with one attached hydrogen (secondary N) is 2. The van der Waals surface area contributed by atoms with Crippen LogP contribution in [0.1, 0.15) is 12.0 Å². The summed E-state index contributed by atoms with van der Waals surface area (Å²) in [4.78, 5) is 14.3. The second kappa shape index (κ2) is 7.20. The number of carbonyl (C=O) groups excluding carboxylic acids is 1. The molecule has 1 heterocycles. The monoisotopic (exact) mass is 339 g/mol. The number of carbonyl (C=O) groups is 1. The molecule has 0 saturated carbocycles. The fraction of sp³-hybridized carbons (Fsp3) is 0.533. The van der Waals surface area contributed by atoms with Gasteiger partial charge in [-0.3, -0.25) is 9.69 Å². The maximum absolute atomic E-state index is 12.1. The van der Waals surface area contributed by atoms with E-state index in [-0.39, 0.29) is 5.91 Å². The molecule has 1 saturated heterocycles. The maximum Gasteiger partial charge on any atom is 0.238 e. The Labute approximate surface area is 129 Å². The summed E-state index contributed by atoms with van der Waals surface area (Å²) < 4.78 is 0.931. The number of hydrogen-bond acceptors (Lipinski definition) is 3. The van der Waals surface area contributed by atoms with Crippen molar-refractivity contribution >= 4 is 27.5 Å². The van der Waals surface area contributed by atoms with Gasteiger partial charge in [-0.2, -0.15) is 0 Å². The SMILES string of the molecule is CNCC1CCN(CC(=O)Nc2ccc(C)cc2Br)C1. The molecule has 1 aliphatic heterocycles. The van der Waals surface area contributed by atoms with E-state index in [4.69, 9.17) is 0 Å². The van der Waals surface area contributed by atoms with Crippen molar-refractivity contribution in [2.45, 2.75) is 13.3 Å². The van der Waals surface area contributed by atoms with E-state index in [0.29, 0.717) is 12.5 Å². The van der Waals surface area contributed by atoms with Gasteiger partial charge in [0.25, 0.3) is 0 Å². The number of hydrogen-bond donors (Lipinski definition) is 2. The van der Waals surface area contributed by atoms with E-state index < -0.39 is 0 Å². The van der Waals surface area contributed by atoms with Crippen molar-refractivity contribution in [2.24, 2.45) is 5.92 Å². The summed E-state index contributed by atoms with van der Waals surface area (Å²) in [5, 5.41) is 6.17. The van der Waals surface area contributed by atoms with Gasteiger partial charge in [-0.1, -0.05) is 6.07 Å².